The fourth-order valence-corrected chi connectivity index (χ4v) is 2.52. The van der Waals surface area contributed by atoms with E-state index in [1.54, 1.807) is 6.07 Å². The van der Waals surface area contributed by atoms with Gasteiger partial charge in [0.05, 0.1) is 5.02 Å². The minimum atomic E-state index is 0.633. The molecule has 18 heavy (non-hydrogen) atoms. The van der Waals surface area contributed by atoms with Crippen LogP contribution < -0.4 is 5.32 Å². The standard InChI is InChI=1S/C13H9BrCl3N/c14-12-2-1-11(6-13(12)17)18-7-8-3-9(15)5-10(16)4-8/h1-6,18H,7H2. The molecule has 0 aliphatic carbocycles. The van der Waals surface area contributed by atoms with Crippen LogP contribution in [0.5, 0.6) is 0 Å². The highest BCUT2D eigenvalue weighted by Crippen LogP contribution is 2.26. The fraction of sp³-hybridized carbons (Fsp3) is 0.0769. The highest BCUT2D eigenvalue weighted by Gasteiger charge is 2.01. The SMILES string of the molecule is Clc1cc(Cl)cc(CNc2ccc(Br)c(Cl)c2)c1. The molecule has 0 amide bonds. The zero-order chi connectivity index (χ0) is 13.1. The topological polar surface area (TPSA) is 12.0 Å². The molecule has 0 bridgehead atoms. The lowest BCUT2D eigenvalue weighted by Gasteiger charge is -2.08. The molecule has 0 radical (unpaired) electrons. The first-order valence-electron chi connectivity index (χ1n) is 5.18. The molecule has 0 fully saturated rings. The van der Waals surface area contributed by atoms with Crippen LogP contribution in [-0.4, -0.2) is 0 Å². The molecule has 2 aromatic rings. The zero-order valence-corrected chi connectivity index (χ0v) is 13.0. The van der Waals surface area contributed by atoms with Crippen molar-refractivity contribution in [2.24, 2.45) is 0 Å². The van der Waals surface area contributed by atoms with E-state index in [1.807, 2.05) is 30.3 Å². The second-order valence-electron chi connectivity index (χ2n) is 3.76. The Kier molecular flexibility index (Phi) is 4.79. The van der Waals surface area contributed by atoms with E-state index in [2.05, 4.69) is 21.2 Å². The first-order chi connectivity index (χ1) is 8.54. The summed E-state index contributed by atoms with van der Waals surface area (Å²) in [4.78, 5) is 0. The zero-order valence-electron chi connectivity index (χ0n) is 9.18. The summed E-state index contributed by atoms with van der Waals surface area (Å²) in [5.41, 5.74) is 1.96. The molecule has 2 aromatic carbocycles. The Labute approximate surface area is 129 Å². The highest BCUT2D eigenvalue weighted by atomic mass is 79.9. The predicted molar refractivity (Wildman–Crippen MR) is 82.9 cm³/mol. The van der Waals surface area contributed by atoms with Crippen LogP contribution in [0, 0.1) is 0 Å². The van der Waals surface area contributed by atoms with Gasteiger partial charge in [0.1, 0.15) is 0 Å². The lowest BCUT2D eigenvalue weighted by atomic mass is 10.2. The van der Waals surface area contributed by atoms with E-state index >= 15 is 0 Å². The first-order valence-corrected chi connectivity index (χ1v) is 7.11. The maximum Gasteiger partial charge on any atom is 0.0568 e. The van der Waals surface area contributed by atoms with Crippen molar-refractivity contribution in [2.75, 3.05) is 5.32 Å². The van der Waals surface area contributed by atoms with Crippen LogP contribution >= 0.6 is 50.7 Å². The van der Waals surface area contributed by atoms with Gasteiger partial charge in [-0.2, -0.15) is 0 Å². The van der Waals surface area contributed by atoms with Gasteiger partial charge in [-0.25, -0.2) is 0 Å². The molecule has 0 aliphatic heterocycles. The Morgan fingerprint density at radius 1 is 0.944 bits per heavy atom. The van der Waals surface area contributed by atoms with Crippen molar-refractivity contribution >= 4 is 56.4 Å². The van der Waals surface area contributed by atoms with Gasteiger partial charge in [-0.15, -0.1) is 0 Å². The molecule has 0 spiro atoms. The largest absolute Gasteiger partial charge is 0.381 e. The Bertz CT molecular complexity index is 552. The first kappa shape index (κ1) is 14.0. The van der Waals surface area contributed by atoms with Crippen molar-refractivity contribution < 1.29 is 0 Å². The number of hydrogen-bond acceptors (Lipinski definition) is 1. The monoisotopic (exact) mass is 363 g/mol. The van der Waals surface area contributed by atoms with Crippen LogP contribution in [0.3, 0.4) is 0 Å². The summed E-state index contributed by atoms with van der Waals surface area (Å²) in [6, 6.07) is 11.2. The smallest absolute Gasteiger partial charge is 0.0568 e. The second-order valence-corrected chi connectivity index (χ2v) is 5.89. The van der Waals surface area contributed by atoms with E-state index in [0.29, 0.717) is 21.6 Å². The normalized spacial score (nSPS) is 10.4. The van der Waals surface area contributed by atoms with Crippen LogP contribution in [0.2, 0.25) is 15.1 Å². The summed E-state index contributed by atoms with van der Waals surface area (Å²) >= 11 is 21.2. The molecule has 2 rings (SSSR count). The van der Waals surface area contributed by atoms with Gasteiger partial charge < -0.3 is 5.32 Å². The van der Waals surface area contributed by atoms with Gasteiger partial charge in [0.25, 0.3) is 0 Å². The van der Waals surface area contributed by atoms with E-state index in [9.17, 15) is 0 Å². The quantitative estimate of drug-likeness (QED) is 0.701. The molecule has 1 nitrogen and oxygen atoms in total. The molecule has 0 unspecified atom stereocenters. The number of hydrogen-bond donors (Lipinski definition) is 1. The molecule has 94 valence electrons. The van der Waals surface area contributed by atoms with Crippen LogP contribution in [0.4, 0.5) is 5.69 Å². The van der Waals surface area contributed by atoms with E-state index in [1.165, 1.54) is 0 Å². The molecule has 0 aromatic heterocycles. The van der Waals surface area contributed by atoms with E-state index in [-0.39, 0.29) is 0 Å². The molecule has 0 saturated carbocycles. The maximum atomic E-state index is 6.02. The summed E-state index contributed by atoms with van der Waals surface area (Å²) in [6.07, 6.45) is 0. The van der Waals surface area contributed by atoms with Crippen LogP contribution in [0.1, 0.15) is 5.56 Å². The van der Waals surface area contributed by atoms with Crippen LogP contribution in [0.15, 0.2) is 40.9 Å². The summed E-state index contributed by atoms with van der Waals surface area (Å²) in [6.45, 7) is 0.637. The van der Waals surface area contributed by atoms with Gasteiger partial charge in [0, 0.05) is 26.8 Å². The summed E-state index contributed by atoms with van der Waals surface area (Å²) in [5, 5.41) is 5.20. The average molecular weight is 365 g/mol. The number of rotatable bonds is 3. The average Bonchev–Trinajstić information content (AvgIpc) is 2.29. The van der Waals surface area contributed by atoms with Crippen molar-refractivity contribution in [3.05, 3.63) is 61.5 Å². The van der Waals surface area contributed by atoms with Crippen molar-refractivity contribution in [3.63, 3.8) is 0 Å². The Morgan fingerprint density at radius 2 is 1.61 bits per heavy atom. The van der Waals surface area contributed by atoms with Gasteiger partial charge >= 0.3 is 0 Å². The number of benzene rings is 2. The second kappa shape index (κ2) is 6.16. The fourth-order valence-electron chi connectivity index (χ4n) is 1.52. The summed E-state index contributed by atoms with van der Waals surface area (Å²) < 4.78 is 0.875. The maximum absolute atomic E-state index is 6.02. The summed E-state index contributed by atoms with van der Waals surface area (Å²) in [7, 11) is 0. The van der Waals surface area contributed by atoms with Crippen molar-refractivity contribution in [1.29, 1.82) is 0 Å². The Balaban J connectivity index is 2.08. The van der Waals surface area contributed by atoms with E-state index in [0.717, 1.165) is 15.7 Å². The van der Waals surface area contributed by atoms with E-state index in [4.69, 9.17) is 34.8 Å². The number of nitrogens with one attached hydrogen (secondary N) is 1. The number of halogens is 4. The molecule has 0 heterocycles. The third kappa shape index (κ3) is 3.79. The third-order valence-corrected chi connectivity index (χ3v) is 4.01. The van der Waals surface area contributed by atoms with Crippen molar-refractivity contribution in [1.82, 2.24) is 0 Å². The highest BCUT2D eigenvalue weighted by molar-refractivity contribution is 9.10. The van der Waals surface area contributed by atoms with Gasteiger partial charge in [-0.05, 0) is 57.9 Å². The lowest BCUT2D eigenvalue weighted by Crippen LogP contribution is -1.99. The molecular weight excluding hydrogens is 356 g/mol. The number of anilines is 1. The molecule has 0 aliphatic rings. The van der Waals surface area contributed by atoms with Gasteiger partial charge in [-0.1, -0.05) is 34.8 Å². The van der Waals surface area contributed by atoms with E-state index < -0.39 is 0 Å². The van der Waals surface area contributed by atoms with Gasteiger partial charge in [-0.3, -0.25) is 0 Å². The summed E-state index contributed by atoms with van der Waals surface area (Å²) in [5.74, 6) is 0. The minimum absolute atomic E-state index is 0.633. The molecular formula is C13H9BrCl3N. The van der Waals surface area contributed by atoms with Gasteiger partial charge in [0.2, 0.25) is 0 Å². The molecule has 0 saturated heterocycles. The lowest BCUT2D eigenvalue weighted by molar-refractivity contribution is 1.15. The van der Waals surface area contributed by atoms with Crippen molar-refractivity contribution in [3.8, 4) is 0 Å². The van der Waals surface area contributed by atoms with Gasteiger partial charge in [0.15, 0.2) is 0 Å². The predicted octanol–water partition coefficient (Wildman–Crippen LogP) is 6.02. The molecule has 0 atom stereocenters. The van der Waals surface area contributed by atoms with Crippen molar-refractivity contribution in [2.45, 2.75) is 6.54 Å². The van der Waals surface area contributed by atoms with Crippen LogP contribution in [0.25, 0.3) is 0 Å². The van der Waals surface area contributed by atoms with Crippen LogP contribution in [-0.2, 0) is 6.54 Å². The third-order valence-electron chi connectivity index (χ3n) is 2.34. The molecule has 5 heteroatoms. The Morgan fingerprint density at radius 3 is 2.22 bits per heavy atom. The molecule has 1 N–H and O–H groups in total. The Hall–Kier alpha value is -0.410. The minimum Gasteiger partial charge on any atom is -0.381 e.